The van der Waals surface area contributed by atoms with Crippen LogP contribution in [0.4, 0.5) is 16.4 Å². The van der Waals surface area contributed by atoms with E-state index in [0.29, 0.717) is 18.2 Å². The number of hydrogen-bond acceptors (Lipinski definition) is 5. The van der Waals surface area contributed by atoms with Gasteiger partial charge in [0.2, 0.25) is 11.9 Å². The minimum absolute atomic E-state index is 0.00325. The number of hydrogen-bond donors (Lipinski definition) is 3. The highest BCUT2D eigenvalue weighted by molar-refractivity contribution is 5.93. The Labute approximate surface area is 158 Å². The van der Waals surface area contributed by atoms with Gasteiger partial charge in [-0.3, -0.25) is 4.79 Å². The van der Waals surface area contributed by atoms with Crippen LogP contribution in [0.3, 0.4) is 0 Å². The number of piperidine rings is 1. The summed E-state index contributed by atoms with van der Waals surface area (Å²) in [5.74, 6) is 0.462. The first-order valence-electron chi connectivity index (χ1n) is 9.07. The van der Waals surface area contributed by atoms with Gasteiger partial charge in [-0.2, -0.15) is 0 Å². The molecule has 1 aromatic heterocycles. The minimum Gasteiger partial charge on any atom is -0.350 e. The lowest BCUT2D eigenvalue weighted by Crippen LogP contribution is -2.53. The zero-order valence-electron chi connectivity index (χ0n) is 15.3. The van der Waals surface area contributed by atoms with E-state index in [1.54, 1.807) is 37.5 Å². The third-order valence-corrected chi connectivity index (χ3v) is 4.38. The fourth-order valence-electron chi connectivity index (χ4n) is 3.01. The molecule has 3 amide bonds. The van der Waals surface area contributed by atoms with Crippen LogP contribution >= 0.6 is 0 Å². The van der Waals surface area contributed by atoms with Crippen LogP contribution < -0.4 is 20.9 Å². The Morgan fingerprint density at radius 3 is 2.63 bits per heavy atom. The zero-order valence-corrected chi connectivity index (χ0v) is 15.3. The molecule has 3 rings (SSSR count). The van der Waals surface area contributed by atoms with E-state index in [1.807, 2.05) is 18.2 Å². The van der Waals surface area contributed by atoms with Gasteiger partial charge in [-0.15, -0.1) is 0 Å². The molecule has 0 aliphatic carbocycles. The van der Waals surface area contributed by atoms with Crippen LogP contribution in [-0.2, 0) is 4.79 Å². The molecule has 0 spiro atoms. The second-order valence-electron chi connectivity index (χ2n) is 6.53. The van der Waals surface area contributed by atoms with Crippen molar-refractivity contribution < 1.29 is 9.59 Å². The third kappa shape index (κ3) is 5.40. The van der Waals surface area contributed by atoms with Gasteiger partial charge < -0.3 is 20.9 Å². The lowest BCUT2D eigenvalue weighted by Gasteiger charge is -2.33. The van der Waals surface area contributed by atoms with Gasteiger partial charge >= 0.3 is 6.03 Å². The molecule has 1 aliphatic rings. The maximum atomic E-state index is 12.4. The SMILES string of the molecule is CC(NC(=O)Nc1ccccc1)C(=O)NC1CCCN(c2ncccn2)C1. The molecule has 0 radical (unpaired) electrons. The summed E-state index contributed by atoms with van der Waals surface area (Å²) < 4.78 is 0. The number of nitrogens with one attached hydrogen (secondary N) is 3. The second kappa shape index (κ2) is 8.98. The van der Waals surface area contributed by atoms with Crippen LogP contribution in [0.1, 0.15) is 19.8 Å². The van der Waals surface area contributed by atoms with Crippen molar-refractivity contribution >= 4 is 23.6 Å². The van der Waals surface area contributed by atoms with Crippen LogP contribution in [0.25, 0.3) is 0 Å². The van der Waals surface area contributed by atoms with E-state index in [2.05, 4.69) is 30.8 Å². The highest BCUT2D eigenvalue weighted by atomic mass is 16.2. The molecule has 1 saturated heterocycles. The molecule has 0 bridgehead atoms. The second-order valence-corrected chi connectivity index (χ2v) is 6.53. The predicted molar refractivity (Wildman–Crippen MR) is 103 cm³/mol. The van der Waals surface area contributed by atoms with Gasteiger partial charge in [-0.05, 0) is 38.0 Å². The van der Waals surface area contributed by atoms with E-state index in [1.165, 1.54) is 0 Å². The standard InChI is InChI=1S/C19H24N6O2/c1-14(22-19(27)24-15-7-3-2-4-8-15)17(26)23-16-9-5-12-25(13-16)18-20-10-6-11-21-18/h2-4,6-8,10-11,14,16H,5,9,12-13H2,1H3,(H,23,26)(H2,22,24,27). The molecule has 142 valence electrons. The van der Waals surface area contributed by atoms with E-state index >= 15 is 0 Å². The summed E-state index contributed by atoms with van der Waals surface area (Å²) >= 11 is 0. The van der Waals surface area contributed by atoms with Gasteiger partial charge in [0.05, 0.1) is 0 Å². The molecular formula is C19H24N6O2. The quantitative estimate of drug-likeness (QED) is 0.747. The number of nitrogens with zero attached hydrogens (tertiary/aromatic N) is 3. The van der Waals surface area contributed by atoms with Crippen molar-refractivity contribution in [2.24, 2.45) is 0 Å². The normalized spacial score (nSPS) is 17.7. The van der Waals surface area contributed by atoms with Crippen molar-refractivity contribution in [3.8, 4) is 0 Å². The molecule has 27 heavy (non-hydrogen) atoms. The Balaban J connectivity index is 1.48. The fourth-order valence-corrected chi connectivity index (χ4v) is 3.01. The largest absolute Gasteiger partial charge is 0.350 e. The van der Waals surface area contributed by atoms with Crippen molar-refractivity contribution in [1.29, 1.82) is 0 Å². The van der Waals surface area contributed by atoms with Crippen molar-refractivity contribution in [3.63, 3.8) is 0 Å². The Kier molecular flexibility index (Phi) is 6.19. The lowest BCUT2D eigenvalue weighted by atomic mass is 10.1. The van der Waals surface area contributed by atoms with Crippen LogP contribution in [0.15, 0.2) is 48.8 Å². The number of anilines is 2. The summed E-state index contributed by atoms with van der Waals surface area (Å²) in [5.41, 5.74) is 0.674. The van der Waals surface area contributed by atoms with E-state index in [-0.39, 0.29) is 11.9 Å². The average molecular weight is 368 g/mol. The van der Waals surface area contributed by atoms with Gasteiger partial charge in [-0.1, -0.05) is 18.2 Å². The summed E-state index contributed by atoms with van der Waals surface area (Å²) in [6.07, 6.45) is 5.25. The smallest absolute Gasteiger partial charge is 0.319 e. The number of amides is 3. The number of rotatable bonds is 5. The number of carbonyl (C=O) groups is 2. The van der Waals surface area contributed by atoms with Gasteiger partial charge in [0.1, 0.15) is 6.04 Å². The Hall–Kier alpha value is -3.16. The van der Waals surface area contributed by atoms with Crippen LogP contribution in [0, 0.1) is 0 Å². The summed E-state index contributed by atoms with van der Waals surface area (Å²) in [6.45, 7) is 3.18. The van der Waals surface area contributed by atoms with Crippen LogP contribution in [0.2, 0.25) is 0 Å². The van der Waals surface area contributed by atoms with Crippen LogP contribution in [0.5, 0.6) is 0 Å². The number of aromatic nitrogens is 2. The monoisotopic (exact) mass is 368 g/mol. The fraction of sp³-hybridized carbons (Fsp3) is 0.368. The van der Waals surface area contributed by atoms with Crippen molar-refractivity contribution in [1.82, 2.24) is 20.6 Å². The Morgan fingerprint density at radius 2 is 1.89 bits per heavy atom. The predicted octanol–water partition coefficient (Wildman–Crippen LogP) is 1.77. The molecule has 2 heterocycles. The molecule has 1 aliphatic heterocycles. The highest BCUT2D eigenvalue weighted by Crippen LogP contribution is 2.15. The van der Waals surface area contributed by atoms with E-state index < -0.39 is 12.1 Å². The average Bonchev–Trinajstić information content (AvgIpc) is 2.69. The first-order valence-corrected chi connectivity index (χ1v) is 9.07. The molecule has 1 fully saturated rings. The molecule has 2 aromatic rings. The molecule has 0 saturated carbocycles. The Bertz CT molecular complexity index is 755. The number of carbonyl (C=O) groups excluding carboxylic acids is 2. The summed E-state index contributed by atoms with van der Waals surface area (Å²) in [7, 11) is 0. The molecular weight excluding hydrogens is 344 g/mol. The zero-order chi connectivity index (χ0) is 19.1. The van der Waals surface area contributed by atoms with Crippen molar-refractivity contribution in [2.45, 2.75) is 31.8 Å². The van der Waals surface area contributed by atoms with Crippen LogP contribution in [-0.4, -0.2) is 47.1 Å². The minimum atomic E-state index is -0.642. The van der Waals surface area contributed by atoms with Crippen molar-refractivity contribution in [3.05, 3.63) is 48.8 Å². The van der Waals surface area contributed by atoms with Gasteiger partial charge in [0, 0.05) is 37.2 Å². The lowest BCUT2D eigenvalue weighted by molar-refractivity contribution is -0.123. The maximum absolute atomic E-state index is 12.4. The summed E-state index contributed by atoms with van der Waals surface area (Å²) in [4.78, 5) is 35.1. The highest BCUT2D eigenvalue weighted by Gasteiger charge is 2.25. The molecule has 3 N–H and O–H groups in total. The van der Waals surface area contributed by atoms with E-state index in [9.17, 15) is 9.59 Å². The summed E-state index contributed by atoms with van der Waals surface area (Å²) in [5, 5.41) is 8.37. The van der Waals surface area contributed by atoms with Crippen molar-refractivity contribution in [2.75, 3.05) is 23.3 Å². The molecule has 2 unspecified atom stereocenters. The first-order chi connectivity index (χ1) is 13.1. The number of benzene rings is 1. The topological polar surface area (TPSA) is 99.2 Å². The number of urea groups is 1. The van der Waals surface area contributed by atoms with Gasteiger partial charge in [0.25, 0.3) is 0 Å². The van der Waals surface area contributed by atoms with Gasteiger partial charge in [-0.25, -0.2) is 14.8 Å². The Morgan fingerprint density at radius 1 is 1.15 bits per heavy atom. The van der Waals surface area contributed by atoms with Gasteiger partial charge in [0.15, 0.2) is 0 Å². The van der Waals surface area contributed by atoms with E-state index in [0.717, 1.165) is 19.4 Å². The molecule has 2 atom stereocenters. The molecule has 1 aromatic carbocycles. The molecule has 8 nitrogen and oxygen atoms in total. The third-order valence-electron chi connectivity index (χ3n) is 4.38. The number of para-hydroxylation sites is 1. The molecule has 8 heteroatoms. The summed E-state index contributed by atoms with van der Waals surface area (Å²) in [6, 6.07) is 9.82. The maximum Gasteiger partial charge on any atom is 0.319 e. The first kappa shape index (κ1) is 18.6. The van der Waals surface area contributed by atoms with E-state index in [4.69, 9.17) is 0 Å².